The molecule has 0 atom stereocenters. The van der Waals surface area contributed by atoms with Gasteiger partial charge in [0.05, 0.1) is 5.56 Å². The highest BCUT2D eigenvalue weighted by Gasteiger charge is 2.05. The third-order valence-corrected chi connectivity index (χ3v) is 4.11. The second kappa shape index (κ2) is 6.83. The Kier molecular flexibility index (Phi) is 5.11. The number of amides is 1. The Morgan fingerprint density at radius 1 is 1.40 bits per heavy atom. The Bertz CT molecular complexity index is 615. The van der Waals surface area contributed by atoms with Gasteiger partial charge in [-0.3, -0.25) is 4.79 Å². The van der Waals surface area contributed by atoms with Crippen molar-refractivity contribution in [1.82, 2.24) is 5.32 Å². The van der Waals surface area contributed by atoms with Crippen molar-refractivity contribution >= 4 is 28.8 Å². The minimum absolute atomic E-state index is 0.329. The molecule has 1 amide bonds. The summed E-state index contributed by atoms with van der Waals surface area (Å²) in [6, 6.07) is 6.19. The number of hydrogen-bond donors (Lipinski definition) is 2. The van der Waals surface area contributed by atoms with E-state index in [0.717, 1.165) is 17.0 Å². The van der Waals surface area contributed by atoms with Crippen molar-refractivity contribution in [3.8, 4) is 0 Å². The number of halogens is 2. The Hall–Kier alpha value is -1.43. The van der Waals surface area contributed by atoms with Crippen molar-refractivity contribution in [2.75, 3.05) is 6.54 Å². The summed E-state index contributed by atoms with van der Waals surface area (Å²) in [5.74, 6) is -0.741. The van der Waals surface area contributed by atoms with E-state index in [9.17, 15) is 9.18 Å². The van der Waals surface area contributed by atoms with Crippen LogP contribution < -0.4 is 11.1 Å². The Balaban J connectivity index is 1.79. The molecule has 3 N–H and O–H groups in total. The average Bonchev–Trinajstić information content (AvgIpc) is 2.85. The Morgan fingerprint density at radius 3 is 2.85 bits per heavy atom. The Morgan fingerprint density at radius 2 is 2.20 bits per heavy atom. The largest absolute Gasteiger partial charge is 0.366 e. The quantitative estimate of drug-likeness (QED) is 0.806. The first kappa shape index (κ1) is 15.0. The van der Waals surface area contributed by atoms with E-state index >= 15 is 0 Å². The maximum Gasteiger partial charge on any atom is 0.249 e. The van der Waals surface area contributed by atoms with E-state index < -0.39 is 5.91 Å². The van der Waals surface area contributed by atoms with Gasteiger partial charge in [-0.25, -0.2) is 4.39 Å². The molecule has 0 spiro atoms. The SMILES string of the molecule is NC(=O)c1csc(CNCCc2ccc(F)cc2Cl)c1. The fourth-order valence-electron chi connectivity index (χ4n) is 1.76. The van der Waals surface area contributed by atoms with E-state index in [2.05, 4.69) is 5.32 Å². The van der Waals surface area contributed by atoms with Crippen LogP contribution in [0.3, 0.4) is 0 Å². The lowest BCUT2D eigenvalue weighted by atomic mass is 10.1. The van der Waals surface area contributed by atoms with E-state index in [1.807, 2.05) is 0 Å². The molecule has 0 aliphatic rings. The second-order valence-corrected chi connectivity index (χ2v) is 5.73. The summed E-state index contributed by atoms with van der Waals surface area (Å²) in [6.45, 7) is 1.38. The zero-order chi connectivity index (χ0) is 14.5. The normalized spacial score (nSPS) is 10.7. The number of rotatable bonds is 6. The number of nitrogens with two attached hydrogens (primary N) is 1. The topological polar surface area (TPSA) is 55.1 Å². The van der Waals surface area contributed by atoms with E-state index in [1.54, 1.807) is 17.5 Å². The zero-order valence-corrected chi connectivity index (χ0v) is 12.2. The van der Waals surface area contributed by atoms with Gasteiger partial charge >= 0.3 is 0 Å². The molecule has 0 saturated heterocycles. The maximum atomic E-state index is 12.9. The van der Waals surface area contributed by atoms with Gasteiger partial charge in [0.2, 0.25) is 5.91 Å². The van der Waals surface area contributed by atoms with Crippen LogP contribution in [0.25, 0.3) is 0 Å². The summed E-state index contributed by atoms with van der Waals surface area (Å²) in [5, 5.41) is 5.44. The van der Waals surface area contributed by atoms with E-state index in [0.29, 0.717) is 23.6 Å². The lowest BCUT2D eigenvalue weighted by molar-refractivity contribution is 0.100. The molecule has 6 heteroatoms. The van der Waals surface area contributed by atoms with E-state index in [1.165, 1.54) is 23.5 Å². The first-order chi connectivity index (χ1) is 9.56. The van der Waals surface area contributed by atoms with Crippen molar-refractivity contribution < 1.29 is 9.18 Å². The predicted molar refractivity (Wildman–Crippen MR) is 79.7 cm³/mol. The molecule has 0 bridgehead atoms. The van der Waals surface area contributed by atoms with Crippen LogP contribution in [0.1, 0.15) is 20.8 Å². The van der Waals surface area contributed by atoms with Crippen LogP contribution in [0.5, 0.6) is 0 Å². The van der Waals surface area contributed by atoms with E-state index in [4.69, 9.17) is 17.3 Å². The third kappa shape index (κ3) is 4.03. The molecule has 1 heterocycles. The van der Waals surface area contributed by atoms with Gasteiger partial charge in [-0.2, -0.15) is 0 Å². The lowest BCUT2D eigenvalue weighted by Crippen LogP contribution is -2.16. The van der Waals surface area contributed by atoms with Crippen LogP contribution in [0.4, 0.5) is 4.39 Å². The molecule has 106 valence electrons. The fraction of sp³-hybridized carbons (Fsp3) is 0.214. The van der Waals surface area contributed by atoms with Crippen LogP contribution in [-0.4, -0.2) is 12.5 Å². The van der Waals surface area contributed by atoms with Crippen LogP contribution in [0, 0.1) is 5.82 Å². The highest BCUT2D eigenvalue weighted by Crippen LogP contribution is 2.17. The van der Waals surface area contributed by atoms with Gasteiger partial charge in [-0.05, 0) is 36.7 Å². The summed E-state index contributed by atoms with van der Waals surface area (Å²) in [7, 11) is 0. The number of hydrogen-bond acceptors (Lipinski definition) is 3. The molecule has 0 saturated carbocycles. The Labute approximate surface area is 125 Å². The van der Waals surface area contributed by atoms with Gasteiger partial charge in [0.1, 0.15) is 5.82 Å². The minimum Gasteiger partial charge on any atom is -0.366 e. The van der Waals surface area contributed by atoms with Crippen molar-refractivity contribution in [1.29, 1.82) is 0 Å². The van der Waals surface area contributed by atoms with Gasteiger partial charge in [0.25, 0.3) is 0 Å². The van der Waals surface area contributed by atoms with Crippen LogP contribution in [0.15, 0.2) is 29.6 Å². The number of thiophene rings is 1. The van der Waals surface area contributed by atoms with Gasteiger partial charge in [0, 0.05) is 21.8 Å². The average molecular weight is 313 g/mol. The fourth-order valence-corrected chi connectivity index (χ4v) is 2.87. The molecule has 0 fully saturated rings. The summed E-state index contributed by atoms with van der Waals surface area (Å²) in [5.41, 5.74) is 6.63. The van der Waals surface area contributed by atoms with Gasteiger partial charge in [0.15, 0.2) is 0 Å². The molecule has 0 aliphatic heterocycles. The number of nitrogens with one attached hydrogen (secondary N) is 1. The molecule has 2 aromatic rings. The number of carbonyl (C=O) groups is 1. The first-order valence-corrected chi connectivity index (χ1v) is 7.34. The monoisotopic (exact) mass is 312 g/mol. The van der Waals surface area contributed by atoms with Gasteiger partial charge in [-0.1, -0.05) is 17.7 Å². The number of benzene rings is 1. The molecule has 1 aromatic carbocycles. The van der Waals surface area contributed by atoms with Crippen molar-refractivity contribution in [3.63, 3.8) is 0 Å². The zero-order valence-electron chi connectivity index (χ0n) is 10.7. The molecule has 3 nitrogen and oxygen atoms in total. The highest BCUT2D eigenvalue weighted by molar-refractivity contribution is 7.10. The summed E-state index contributed by atoms with van der Waals surface area (Å²) < 4.78 is 12.9. The molecular weight excluding hydrogens is 299 g/mol. The predicted octanol–water partition coefficient (Wildman–Crippen LogP) is 2.97. The summed E-state index contributed by atoms with van der Waals surface area (Å²) >= 11 is 7.44. The second-order valence-electron chi connectivity index (χ2n) is 4.33. The van der Waals surface area contributed by atoms with Crippen molar-refractivity contribution in [2.45, 2.75) is 13.0 Å². The molecular formula is C14H14ClFN2OS. The van der Waals surface area contributed by atoms with Crippen molar-refractivity contribution in [2.24, 2.45) is 5.73 Å². The molecule has 1 aromatic heterocycles. The molecule has 0 aliphatic carbocycles. The van der Waals surface area contributed by atoms with Gasteiger partial charge in [-0.15, -0.1) is 11.3 Å². The van der Waals surface area contributed by atoms with Gasteiger partial charge < -0.3 is 11.1 Å². The van der Waals surface area contributed by atoms with Crippen molar-refractivity contribution in [3.05, 3.63) is 56.5 Å². The standard InChI is InChI=1S/C14H14ClFN2OS/c15-13-6-11(16)2-1-9(13)3-4-18-7-12-5-10(8-20-12)14(17)19/h1-2,5-6,8,18H,3-4,7H2,(H2,17,19). The summed E-state index contributed by atoms with van der Waals surface area (Å²) in [6.07, 6.45) is 0.715. The summed E-state index contributed by atoms with van der Waals surface area (Å²) in [4.78, 5) is 12.0. The molecule has 20 heavy (non-hydrogen) atoms. The molecule has 2 rings (SSSR count). The minimum atomic E-state index is -0.411. The molecule has 0 radical (unpaired) electrons. The maximum absolute atomic E-state index is 12.9. The highest BCUT2D eigenvalue weighted by atomic mass is 35.5. The smallest absolute Gasteiger partial charge is 0.249 e. The lowest BCUT2D eigenvalue weighted by Gasteiger charge is -2.05. The number of carbonyl (C=O) groups excluding carboxylic acids is 1. The first-order valence-electron chi connectivity index (χ1n) is 6.08. The van der Waals surface area contributed by atoms with E-state index in [-0.39, 0.29) is 5.82 Å². The van der Waals surface area contributed by atoms with Crippen LogP contribution in [-0.2, 0) is 13.0 Å². The third-order valence-electron chi connectivity index (χ3n) is 2.82. The van der Waals surface area contributed by atoms with Crippen LogP contribution >= 0.6 is 22.9 Å². The van der Waals surface area contributed by atoms with Crippen LogP contribution in [0.2, 0.25) is 5.02 Å². The molecule has 0 unspecified atom stereocenters. The number of primary amides is 1.